The van der Waals surface area contributed by atoms with Gasteiger partial charge in [-0.2, -0.15) is 0 Å². The normalized spacial score (nSPS) is 21.2. The predicted molar refractivity (Wildman–Crippen MR) is 252 cm³/mol. The molecule has 0 amide bonds. The van der Waals surface area contributed by atoms with Crippen LogP contribution < -0.4 is 10.4 Å². The van der Waals surface area contributed by atoms with Crippen LogP contribution in [-0.4, -0.2) is 59.9 Å². The van der Waals surface area contributed by atoms with Crippen molar-refractivity contribution in [1.29, 1.82) is 0 Å². The average molecular weight is 845 g/mol. The summed E-state index contributed by atoms with van der Waals surface area (Å²) >= 11 is 0. The molecule has 0 spiro atoms. The SMILES string of the molecule is C=CC(C)(C)[C@@H](O[Si](C)(C)C(C)(C)C)[C@@H](C)/C=C(\C)[C@@H]1C[C@H](O[Si](c2ccccc2)(c2ccccc2)C(C)(C)C)C[C@@](CC(=O)O[C@@H](CC#CC)CCCCC)(OC)O1. The molecule has 2 aromatic carbocycles. The number of rotatable bonds is 20. The van der Waals surface area contributed by atoms with Crippen LogP contribution in [0.2, 0.25) is 23.2 Å². The number of methoxy groups -OCH3 is 1. The van der Waals surface area contributed by atoms with E-state index in [1.165, 1.54) is 10.4 Å². The molecular formula is C51H80O6Si2. The second-order valence-electron chi connectivity index (χ2n) is 20.1. The predicted octanol–water partition coefficient (Wildman–Crippen LogP) is 11.9. The maximum atomic E-state index is 14.1. The van der Waals surface area contributed by atoms with Gasteiger partial charge in [0.25, 0.3) is 8.32 Å². The van der Waals surface area contributed by atoms with E-state index in [4.69, 9.17) is 23.1 Å². The first-order valence-corrected chi connectivity index (χ1v) is 26.9. The lowest BCUT2D eigenvalue weighted by Crippen LogP contribution is -2.68. The monoisotopic (exact) mass is 845 g/mol. The molecule has 0 saturated carbocycles. The summed E-state index contributed by atoms with van der Waals surface area (Å²) in [5.41, 5.74) is 0.770. The van der Waals surface area contributed by atoms with Crippen molar-refractivity contribution < 1.29 is 27.9 Å². The van der Waals surface area contributed by atoms with Gasteiger partial charge in [0.05, 0.1) is 24.7 Å². The number of carbonyl (C=O) groups excluding carboxylic acids is 1. The van der Waals surface area contributed by atoms with Gasteiger partial charge in [0.1, 0.15) is 6.10 Å². The van der Waals surface area contributed by atoms with Crippen LogP contribution in [0.5, 0.6) is 0 Å². The Bertz CT molecular complexity index is 1670. The minimum atomic E-state index is -2.99. The summed E-state index contributed by atoms with van der Waals surface area (Å²) < 4.78 is 34.7. The zero-order valence-corrected chi connectivity index (χ0v) is 41.6. The van der Waals surface area contributed by atoms with Gasteiger partial charge in [-0.3, -0.25) is 4.79 Å². The molecule has 1 fully saturated rings. The highest BCUT2D eigenvalue weighted by Crippen LogP contribution is 2.45. The van der Waals surface area contributed by atoms with Crippen molar-refractivity contribution in [1.82, 2.24) is 0 Å². The topological polar surface area (TPSA) is 63.2 Å². The number of esters is 1. The van der Waals surface area contributed by atoms with Crippen LogP contribution in [0, 0.1) is 23.2 Å². The summed E-state index contributed by atoms with van der Waals surface area (Å²) in [5.74, 6) is 4.53. The van der Waals surface area contributed by atoms with Crippen molar-refractivity contribution in [2.24, 2.45) is 11.3 Å². The van der Waals surface area contributed by atoms with Crippen molar-refractivity contribution in [2.75, 3.05) is 7.11 Å². The van der Waals surface area contributed by atoms with Crippen molar-refractivity contribution in [3.8, 4) is 11.8 Å². The van der Waals surface area contributed by atoms with E-state index in [-0.39, 0.29) is 52.1 Å². The second kappa shape index (κ2) is 21.3. The zero-order chi connectivity index (χ0) is 44.3. The third kappa shape index (κ3) is 13.1. The van der Waals surface area contributed by atoms with Gasteiger partial charge >= 0.3 is 5.97 Å². The summed E-state index contributed by atoms with van der Waals surface area (Å²) in [6, 6.07) is 21.4. The maximum Gasteiger partial charge on any atom is 0.311 e. The van der Waals surface area contributed by atoms with Crippen molar-refractivity contribution in [2.45, 2.75) is 188 Å². The molecule has 1 saturated heterocycles. The Hall–Kier alpha value is -2.78. The molecule has 2 aromatic rings. The first-order chi connectivity index (χ1) is 27.5. The number of carbonyl (C=O) groups is 1. The van der Waals surface area contributed by atoms with E-state index in [0.717, 1.165) is 31.3 Å². The Morgan fingerprint density at radius 3 is 2.02 bits per heavy atom. The van der Waals surface area contributed by atoms with E-state index >= 15 is 0 Å². The van der Waals surface area contributed by atoms with E-state index in [1.807, 2.05) is 13.0 Å². The van der Waals surface area contributed by atoms with Crippen molar-refractivity contribution in [3.05, 3.63) is 85.0 Å². The third-order valence-electron chi connectivity index (χ3n) is 12.9. The second-order valence-corrected chi connectivity index (χ2v) is 29.1. The summed E-state index contributed by atoms with van der Waals surface area (Å²) in [6.45, 7) is 35.4. The van der Waals surface area contributed by atoms with Crippen LogP contribution in [0.25, 0.3) is 0 Å². The number of hydrogen-bond donors (Lipinski definition) is 0. The van der Waals surface area contributed by atoms with E-state index < -0.39 is 28.5 Å². The largest absolute Gasteiger partial charge is 0.461 e. The molecule has 1 heterocycles. The highest BCUT2D eigenvalue weighted by Gasteiger charge is 2.54. The number of benzene rings is 2. The van der Waals surface area contributed by atoms with Gasteiger partial charge in [-0.1, -0.05) is 161 Å². The number of ether oxygens (including phenoxy) is 3. The van der Waals surface area contributed by atoms with E-state index in [0.29, 0.717) is 19.3 Å². The molecule has 0 aromatic heterocycles. The fourth-order valence-corrected chi connectivity index (χ4v) is 14.5. The molecule has 0 radical (unpaired) electrons. The van der Waals surface area contributed by atoms with E-state index in [1.54, 1.807) is 7.11 Å². The summed E-state index contributed by atoms with van der Waals surface area (Å²) in [7, 11) is -3.49. The number of hydrogen-bond acceptors (Lipinski definition) is 6. The Kier molecular flexibility index (Phi) is 18.3. The highest BCUT2D eigenvalue weighted by atomic mass is 28.4. The highest BCUT2D eigenvalue weighted by molar-refractivity contribution is 6.99. The van der Waals surface area contributed by atoms with Crippen LogP contribution >= 0.6 is 0 Å². The fourth-order valence-electron chi connectivity index (χ4n) is 8.30. The molecule has 6 atom stereocenters. The molecule has 8 heteroatoms. The molecule has 328 valence electrons. The van der Waals surface area contributed by atoms with Gasteiger partial charge in [0, 0.05) is 37.7 Å². The summed E-state index contributed by atoms with van der Waals surface area (Å²) in [4.78, 5) is 14.1. The molecule has 0 bridgehead atoms. The molecule has 6 nitrogen and oxygen atoms in total. The quantitative estimate of drug-likeness (QED) is 0.0435. The molecule has 1 aliphatic rings. The molecule has 0 aliphatic carbocycles. The van der Waals surface area contributed by atoms with Crippen LogP contribution in [0.1, 0.15) is 134 Å². The van der Waals surface area contributed by atoms with E-state index in [2.05, 4.69) is 174 Å². The van der Waals surface area contributed by atoms with Gasteiger partial charge in [-0.15, -0.1) is 12.5 Å². The molecule has 3 rings (SSSR count). The lowest BCUT2D eigenvalue weighted by molar-refractivity contribution is -0.279. The van der Waals surface area contributed by atoms with Crippen LogP contribution in [0.15, 0.2) is 85.0 Å². The van der Waals surface area contributed by atoms with Crippen LogP contribution in [0.4, 0.5) is 0 Å². The molecule has 1 aliphatic heterocycles. The summed E-state index contributed by atoms with van der Waals surface area (Å²) in [5, 5.41) is 2.21. The number of unbranched alkanes of at least 4 members (excludes halogenated alkanes) is 2. The average Bonchev–Trinajstić information content (AvgIpc) is 3.17. The minimum absolute atomic E-state index is 0.0316. The van der Waals surface area contributed by atoms with Crippen LogP contribution in [-0.2, 0) is 27.9 Å². The molecular weight excluding hydrogens is 765 g/mol. The van der Waals surface area contributed by atoms with Crippen LogP contribution in [0.3, 0.4) is 0 Å². The van der Waals surface area contributed by atoms with Gasteiger partial charge in [0.2, 0.25) is 0 Å². The lowest BCUT2D eigenvalue weighted by atomic mass is 9.79. The van der Waals surface area contributed by atoms with Gasteiger partial charge in [-0.25, -0.2) is 0 Å². The Morgan fingerprint density at radius 2 is 1.54 bits per heavy atom. The third-order valence-corrected chi connectivity index (χ3v) is 22.4. The Balaban J connectivity index is 2.18. The van der Waals surface area contributed by atoms with Gasteiger partial charge < -0.3 is 23.1 Å². The first kappa shape index (κ1) is 50.6. The Labute approximate surface area is 362 Å². The first-order valence-electron chi connectivity index (χ1n) is 22.1. The molecule has 0 N–H and O–H groups in total. The molecule has 59 heavy (non-hydrogen) atoms. The smallest absolute Gasteiger partial charge is 0.311 e. The maximum absolute atomic E-state index is 14.1. The van der Waals surface area contributed by atoms with E-state index in [9.17, 15) is 4.79 Å². The molecule has 0 unspecified atom stereocenters. The summed E-state index contributed by atoms with van der Waals surface area (Å²) in [6.07, 6.45) is 8.59. The zero-order valence-electron chi connectivity index (χ0n) is 39.6. The fraction of sp³-hybridized carbons (Fsp3) is 0.627. The van der Waals surface area contributed by atoms with Gasteiger partial charge in [0.15, 0.2) is 14.1 Å². The van der Waals surface area contributed by atoms with Crippen molar-refractivity contribution in [3.63, 3.8) is 0 Å². The minimum Gasteiger partial charge on any atom is -0.461 e. The lowest BCUT2D eigenvalue weighted by Gasteiger charge is -2.50. The Morgan fingerprint density at radius 1 is 0.966 bits per heavy atom. The van der Waals surface area contributed by atoms with Crippen molar-refractivity contribution >= 4 is 33.0 Å². The standard InChI is InChI=1S/C51H80O6Si2/c1-17-20-24-30-41(29-21-18-2)54-46(52)38-51(53-14)37-42(56-59(49(9,10)11,43-31-25-22-26-32-43)44-33-27-23-28-34-44)36-45(55-51)39(4)35-40(5)47(50(12,13)19-3)57-58(15,16)48(6,7)8/h19,22-23,25-28,31-35,40-42,45,47H,3,17,20,24,29-30,36-38H2,1-2,4-16H3/b39-35+/t40-,41-,42-,45-,47-,51+/m0/s1. The van der Waals surface area contributed by atoms with Gasteiger partial charge in [-0.05, 0) is 65.8 Å².